The zero-order valence-electron chi connectivity index (χ0n) is 8.73. The average molecular weight is 205 g/mol. The molecule has 4 nitrogen and oxygen atoms in total. The molecule has 0 saturated heterocycles. The number of nitrogen functional groups attached to an aromatic ring is 1. The van der Waals surface area contributed by atoms with Crippen LogP contribution in [-0.4, -0.2) is 16.8 Å². The van der Waals surface area contributed by atoms with Crippen LogP contribution in [0.2, 0.25) is 0 Å². The fourth-order valence-electron chi connectivity index (χ4n) is 1.63. The Hall–Kier alpha value is -1.42. The third-order valence-electron chi connectivity index (χ3n) is 2.75. The maximum absolute atomic E-state index is 12.0. The molecule has 4 N–H and O–H groups in total. The monoisotopic (exact) mass is 205 g/mol. The van der Waals surface area contributed by atoms with Crippen molar-refractivity contribution in [3.63, 3.8) is 0 Å². The molecular formula is C11H15N3O. The number of pyridine rings is 1. The van der Waals surface area contributed by atoms with E-state index in [-0.39, 0.29) is 11.6 Å². The van der Waals surface area contributed by atoms with Crippen molar-refractivity contribution in [2.75, 3.05) is 5.73 Å². The van der Waals surface area contributed by atoms with Crippen LogP contribution in [0, 0.1) is 12.8 Å². The van der Waals surface area contributed by atoms with Crippen molar-refractivity contribution >= 4 is 11.6 Å². The van der Waals surface area contributed by atoms with Crippen molar-refractivity contribution in [1.29, 1.82) is 0 Å². The number of hydrogen-bond acceptors (Lipinski definition) is 4. The zero-order chi connectivity index (χ0) is 11.0. The third kappa shape index (κ3) is 1.99. The Balaban J connectivity index is 2.27. The van der Waals surface area contributed by atoms with E-state index in [1.54, 1.807) is 12.3 Å². The number of carbonyl (C=O) groups is 1. The molecule has 0 bridgehead atoms. The molecule has 2 rings (SSSR count). The number of carbonyl (C=O) groups excluding carboxylic acids is 1. The molecule has 0 amide bonds. The van der Waals surface area contributed by atoms with Crippen molar-refractivity contribution in [1.82, 2.24) is 4.98 Å². The van der Waals surface area contributed by atoms with Crippen LogP contribution in [0.25, 0.3) is 0 Å². The quantitative estimate of drug-likeness (QED) is 0.718. The third-order valence-corrected chi connectivity index (χ3v) is 2.75. The van der Waals surface area contributed by atoms with Crippen LogP contribution in [0.1, 0.15) is 28.8 Å². The number of nitrogens with zero attached hydrogens (tertiary/aromatic N) is 1. The molecule has 1 unspecified atom stereocenters. The Labute approximate surface area is 88.7 Å². The summed E-state index contributed by atoms with van der Waals surface area (Å²) in [7, 11) is 0. The van der Waals surface area contributed by atoms with Crippen LogP contribution in [0.3, 0.4) is 0 Å². The molecule has 1 atom stereocenters. The molecule has 1 fully saturated rings. The van der Waals surface area contributed by atoms with Gasteiger partial charge in [-0.2, -0.15) is 0 Å². The molecule has 1 aromatic heterocycles. The van der Waals surface area contributed by atoms with Crippen LogP contribution in [-0.2, 0) is 0 Å². The topological polar surface area (TPSA) is 82.0 Å². The Kier molecular flexibility index (Phi) is 2.44. The van der Waals surface area contributed by atoms with E-state index in [0.29, 0.717) is 11.5 Å². The molecule has 15 heavy (non-hydrogen) atoms. The van der Waals surface area contributed by atoms with Gasteiger partial charge in [-0.25, -0.2) is 4.98 Å². The van der Waals surface area contributed by atoms with Gasteiger partial charge in [0.25, 0.3) is 0 Å². The van der Waals surface area contributed by atoms with E-state index in [9.17, 15) is 4.79 Å². The van der Waals surface area contributed by atoms with Crippen molar-refractivity contribution < 1.29 is 4.79 Å². The first-order valence-electron chi connectivity index (χ1n) is 5.11. The largest absolute Gasteiger partial charge is 0.383 e. The van der Waals surface area contributed by atoms with Crippen molar-refractivity contribution in [3.8, 4) is 0 Å². The molecule has 1 aromatic rings. The first-order valence-corrected chi connectivity index (χ1v) is 5.11. The number of anilines is 1. The standard InChI is InChI=1S/C11H15N3O/c1-6-4-8(11(13)14-5-6)10(15)9(12)7-2-3-7/h4-5,7,9H,2-3,12H2,1H3,(H2,13,14). The van der Waals surface area contributed by atoms with E-state index in [1.165, 1.54) is 0 Å². The van der Waals surface area contributed by atoms with E-state index in [4.69, 9.17) is 11.5 Å². The Morgan fingerprint density at radius 2 is 2.27 bits per heavy atom. The highest BCUT2D eigenvalue weighted by molar-refractivity contribution is 6.03. The molecule has 1 heterocycles. The SMILES string of the molecule is Cc1cnc(N)c(C(=O)C(N)C2CC2)c1. The predicted octanol–water partition coefficient (Wildman–Crippen LogP) is 0.892. The summed E-state index contributed by atoms with van der Waals surface area (Å²) in [5.74, 6) is 0.547. The number of aromatic nitrogens is 1. The summed E-state index contributed by atoms with van der Waals surface area (Å²) in [6.07, 6.45) is 3.74. The zero-order valence-corrected chi connectivity index (χ0v) is 8.73. The number of Topliss-reactive ketones (excluding diaryl/α,β-unsaturated/α-hetero) is 1. The second-order valence-corrected chi connectivity index (χ2v) is 4.17. The van der Waals surface area contributed by atoms with Crippen molar-refractivity contribution in [2.24, 2.45) is 11.7 Å². The summed E-state index contributed by atoms with van der Waals surface area (Å²) in [5.41, 5.74) is 12.9. The highest BCUT2D eigenvalue weighted by Gasteiger charge is 2.34. The van der Waals surface area contributed by atoms with E-state index in [0.717, 1.165) is 18.4 Å². The lowest BCUT2D eigenvalue weighted by molar-refractivity contribution is 0.0952. The minimum atomic E-state index is -0.407. The summed E-state index contributed by atoms with van der Waals surface area (Å²) in [4.78, 5) is 15.9. The summed E-state index contributed by atoms with van der Waals surface area (Å²) in [6.45, 7) is 1.88. The van der Waals surface area contributed by atoms with Crippen LogP contribution in [0.5, 0.6) is 0 Å². The first kappa shape index (κ1) is 10.1. The molecule has 80 valence electrons. The maximum Gasteiger partial charge on any atom is 0.183 e. The molecule has 1 saturated carbocycles. The molecule has 4 heteroatoms. The molecule has 0 aromatic carbocycles. The molecular weight excluding hydrogens is 190 g/mol. The van der Waals surface area contributed by atoms with E-state index in [1.807, 2.05) is 6.92 Å². The minimum Gasteiger partial charge on any atom is -0.383 e. The molecule has 0 aliphatic heterocycles. The number of aryl methyl sites for hydroxylation is 1. The maximum atomic E-state index is 12.0. The highest BCUT2D eigenvalue weighted by atomic mass is 16.1. The van der Waals surface area contributed by atoms with Crippen LogP contribution in [0.4, 0.5) is 5.82 Å². The smallest absolute Gasteiger partial charge is 0.183 e. The Morgan fingerprint density at radius 3 is 2.87 bits per heavy atom. The van der Waals surface area contributed by atoms with E-state index < -0.39 is 6.04 Å². The lowest BCUT2D eigenvalue weighted by atomic mass is 10.0. The van der Waals surface area contributed by atoms with Gasteiger partial charge in [0.05, 0.1) is 11.6 Å². The van der Waals surface area contributed by atoms with E-state index >= 15 is 0 Å². The summed E-state index contributed by atoms with van der Waals surface area (Å²) in [6, 6.07) is 1.35. The number of nitrogens with two attached hydrogens (primary N) is 2. The van der Waals surface area contributed by atoms with Gasteiger partial charge in [-0.15, -0.1) is 0 Å². The number of hydrogen-bond donors (Lipinski definition) is 2. The van der Waals surface area contributed by atoms with Gasteiger partial charge in [0.15, 0.2) is 5.78 Å². The molecule has 1 aliphatic carbocycles. The van der Waals surface area contributed by atoms with Crippen LogP contribution >= 0.6 is 0 Å². The number of rotatable bonds is 3. The van der Waals surface area contributed by atoms with Gasteiger partial charge < -0.3 is 11.5 Å². The average Bonchev–Trinajstić information content (AvgIpc) is 3.03. The normalized spacial score (nSPS) is 17.5. The van der Waals surface area contributed by atoms with E-state index in [2.05, 4.69) is 4.98 Å². The van der Waals surface area contributed by atoms with Crippen LogP contribution < -0.4 is 11.5 Å². The molecule has 0 radical (unpaired) electrons. The summed E-state index contributed by atoms with van der Waals surface area (Å²) >= 11 is 0. The number of ketones is 1. The lowest BCUT2D eigenvalue weighted by Gasteiger charge is -2.10. The van der Waals surface area contributed by atoms with Crippen molar-refractivity contribution in [2.45, 2.75) is 25.8 Å². The van der Waals surface area contributed by atoms with Gasteiger partial charge in [-0.1, -0.05) is 0 Å². The Bertz CT molecular complexity index is 399. The van der Waals surface area contributed by atoms with Crippen LogP contribution in [0.15, 0.2) is 12.3 Å². The van der Waals surface area contributed by atoms with Gasteiger partial charge in [-0.3, -0.25) is 4.79 Å². The Morgan fingerprint density at radius 1 is 1.60 bits per heavy atom. The molecule has 0 spiro atoms. The fraction of sp³-hybridized carbons (Fsp3) is 0.455. The summed E-state index contributed by atoms with van der Waals surface area (Å²) in [5, 5.41) is 0. The van der Waals surface area contributed by atoms with Gasteiger partial charge in [0.1, 0.15) is 5.82 Å². The van der Waals surface area contributed by atoms with Gasteiger partial charge in [-0.05, 0) is 37.3 Å². The fourth-order valence-corrected chi connectivity index (χ4v) is 1.63. The first-order chi connectivity index (χ1) is 7.09. The minimum absolute atomic E-state index is 0.0776. The summed E-state index contributed by atoms with van der Waals surface area (Å²) < 4.78 is 0. The van der Waals surface area contributed by atoms with Crippen molar-refractivity contribution in [3.05, 3.63) is 23.4 Å². The molecule has 1 aliphatic rings. The lowest BCUT2D eigenvalue weighted by Crippen LogP contribution is -2.33. The predicted molar refractivity (Wildman–Crippen MR) is 58.4 cm³/mol. The second kappa shape index (κ2) is 3.62. The van der Waals surface area contributed by atoms with Gasteiger partial charge >= 0.3 is 0 Å². The van der Waals surface area contributed by atoms with Gasteiger partial charge in [0.2, 0.25) is 0 Å². The van der Waals surface area contributed by atoms with Gasteiger partial charge in [0, 0.05) is 6.20 Å². The highest BCUT2D eigenvalue weighted by Crippen LogP contribution is 2.33. The second-order valence-electron chi connectivity index (χ2n) is 4.17.